The van der Waals surface area contributed by atoms with Crippen LogP contribution in [0.15, 0.2) is 66.3 Å². The normalized spacial score (nSPS) is 21.6. The van der Waals surface area contributed by atoms with Crippen molar-refractivity contribution in [3.8, 4) is 0 Å². The number of hydrogen-bond donors (Lipinski definition) is 2. The maximum absolute atomic E-state index is 12.0. The fourth-order valence-electron chi connectivity index (χ4n) is 3.86. The molecule has 0 unspecified atom stereocenters. The van der Waals surface area contributed by atoms with Crippen molar-refractivity contribution in [2.75, 3.05) is 17.7 Å². The van der Waals surface area contributed by atoms with Crippen LogP contribution in [-0.4, -0.2) is 49.9 Å². The first-order valence-electron chi connectivity index (χ1n) is 11.5. The molecule has 0 bridgehead atoms. The molecule has 11 heteroatoms. The summed E-state index contributed by atoms with van der Waals surface area (Å²) < 4.78 is 19.5. The molecule has 1 saturated heterocycles. The van der Waals surface area contributed by atoms with Crippen molar-refractivity contribution in [3.05, 3.63) is 77.9 Å². The van der Waals surface area contributed by atoms with Gasteiger partial charge in [-0.25, -0.2) is 9.48 Å². The van der Waals surface area contributed by atoms with Crippen LogP contribution in [0.1, 0.15) is 36.0 Å². The van der Waals surface area contributed by atoms with Crippen LogP contribution in [0, 0.1) is 5.92 Å². The van der Waals surface area contributed by atoms with Gasteiger partial charge in [-0.05, 0) is 33.7 Å². The number of anilines is 1. The highest BCUT2D eigenvalue weighted by Crippen LogP contribution is 2.43. The van der Waals surface area contributed by atoms with Crippen molar-refractivity contribution in [2.24, 2.45) is 13.0 Å². The van der Waals surface area contributed by atoms with Crippen LogP contribution in [0.4, 0.5) is 10.5 Å². The van der Waals surface area contributed by atoms with Gasteiger partial charge in [-0.3, -0.25) is 5.32 Å². The summed E-state index contributed by atoms with van der Waals surface area (Å²) in [5, 5.41) is 24.5. The molecule has 2 heterocycles. The topological polar surface area (TPSA) is 121 Å². The minimum Gasteiger partial charge on any atom is -0.445 e. The lowest BCUT2D eigenvalue weighted by molar-refractivity contribution is -0.268. The Morgan fingerprint density at radius 1 is 1.25 bits per heavy atom. The Kier molecular flexibility index (Phi) is 8.70. The standard InChI is InChI=1S/C25H29N5O5S/c1-4-12-33-25(32)26-20-7-5-6-19(13-20)23-34-21(15-36-24-27-28-29-30(24)3)16(2)22(35-23)18-10-8-17(14-31)9-11-18/h4-11,13,16,21-23,31H,1,12,14-15H2,2-3H3,(H,26,32)/t16-,21+,22+,23+/m0/s1. The third-order valence-corrected chi connectivity index (χ3v) is 6.92. The van der Waals surface area contributed by atoms with Crippen molar-refractivity contribution < 1.29 is 24.1 Å². The molecule has 4 rings (SSSR count). The number of amides is 1. The smallest absolute Gasteiger partial charge is 0.411 e. The molecule has 36 heavy (non-hydrogen) atoms. The fraction of sp³-hybridized carbons (Fsp3) is 0.360. The van der Waals surface area contributed by atoms with E-state index in [1.54, 1.807) is 23.9 Å². The molecule has 1 aliphatic rings. The molecule has 0 spiro atoms. The van der Waals surface area contributed by atoms with Crippen molar-refractivity contribution in [1.82, 2.24) is 20.2 Å². The second-order valence-corrected chi connectivity index (χ2v) is 9.34. The van der Waals surface area contributed by atoms with E-state index in [9.17, 15) is 9.90 Å². The number of rotatable bonds is 9. The fourth-order valence-corrected chi connectivity index (χ4v) is 4.87. The maximum atomic E-state index is 12.0. The minimum atomic E-state index is -0.669. The van der Waals surface area contributed by atoms with Crippen LogP contribution in [0.25, 0.3) is 0 Å². The quantitative estimate of drug-likeness (QED) is 0.324. The van der Waals surface area contributed by atoms with E-state index in [0.29, 0.717) is 16.6 Å². The second-order valence-electron chi connectivity index (χ2n) is 8.36. The van der Waals surface area contributed by atoms with Crippen molar-refractivity contribution in [1.29, 1.82) is 0 Å². The minimum absolute atomic E-state index is 0.0186. The maximum Gasteiger partial charge on any atom is 0.411 e. The number of aryl methyl sites for hydroxylation is 1. The summed E-state index contributed by atoms with van der Waals surface area (Å²) in [6.45, 7) is 5.73. The zero-order valence-electron chi connectivity index (χ0n) is 20.1. The Labute approximate surface area is 213 Å². The summed E-state index contributed by atoms with van der Waals surface area (Å²) >= 11 is 1.52. The highest BCUT2D eigenvalue weighted by Gasteiger charge is 2.38. The number of tetrazole rings is 1. The van der Waals surface area contributed by atoms with Gasteiger partial charge < -0.3 is 19.3 Å². The number of benzene rings is 2. The van der Waals surface area contributed by atoms with Gasteiger partial charge in [0.15, 0.2) is 6.29 Å². The van der Waals surface area contributed by atoms with Crippen molar-refractivity contribution in [2.45, 2.75) is 37.2 Å². The van der Waals surface area contributed by atoms with E-state index >= 15 is 0 Å². The van der Waals surface area contributed by atoms with Crippen LogP contribution in [0.2, 0.25) is 0 Å². The number of nitrogens with zero attached hydrogens (tertiary/aromatic N) is 4. The molecule has 1 fully saturated rings. The van der Waals surface area contributed by atoms with Crippen LogP contribution in [-0.2, 0) is 27.9 Å². The molecule has 4 atom stereocenters. The highest BCUT2D eigenvalue weighted by atomic mass is 32.2. The summed E-state index contributed by atoms with van der Waals surface area (Å²) in [5.74, 6) is 0.636. The van der Waals surface area contributed by atoms with Gasteiger partial charge in [-0.2, -0.15) is 0 Å². The van der Waals surface area contributed by atoms with E-state index in [4.69, 9.17) is 14.2 Å². The number of ether oxygens (including phenoxy) is 3. The SMILES string of the molecule is C=CCOC(=O)Nc1cccc([C@@H]2O[C@H](CSc3nnnn3C)[C@H](C)[C@H](c3ccc(CO)cc3)O2)c1. The van der Waals surface area contributed by atoms with Crippen molar-refractivity contribution >= 4 is 23.5 Å². The largest absolute Gasteiger partial charge is 0.445 e. The summed E-state index contributed by atoms with van der Waals surface area (Å²) in [7, 11) is 1.80. The van der Waals surface area contributed by atoms with Gasteiger partial charge >= 0.3 is 6.09 Å². The van der Waals surface area contributed by atoms with Crippen LogP contribution in [0.3, 0.4) is 0 Å². The van der Waals surface area contributed by atoms with Crippen LogP contribution in [0.5, 0.6) is 0 Å². The van der Waals surface area contributed by atoms with Gasteiger partial charge in [-0.15, -0.1) is 5.10 Å². The Morgan fingerprint density at radius 2 is 2.06 bits per heavy atom. The lowest BCUT2D eigenvalue weighted by Gasteiger charge is -2.41. The molecular formula is C25H29N5O5S. The van der Waals surface area contributed by atoms with Gasteiger partial charge in [0.2, 0.25) is 5.16 Å². The van der Waals surface area contributed by atoms with Crippen molar-refractivity contribution in [3.63, 3.8) is 0 Å². The van der Waals surface area contributed by atoms with E-state index < -0.39 is 12.4 Å². The third-order valence-electron chi connectivity index (χ3n) is 5.82. The summed E-state index contributed by atoms with van der Waals surface area (Å²) in [4.78, 5) is 12.0. The highest BCUT2D eigenvalue weighted by molar-refractivity contribution is 7.99. The molecule has 0 aliphatic carbocycles. The average Bonchev–Trinajstić information content (AvgIpc) is 3.31. The number of thioether (sulfide) groups is 1. The predicted octanol–water partition coefficient (Wildman–Crippen LogP) is 4.02. The Balaban J connectivity index is 1.56. The van der Waals surface area contributed by atoms with Gasteiger partial charge in [0.1, 0.15) is 6.61 Å². The molecule has 3 aromatic rings. The monoisotopic (exact) mass is 511 g/mol. The Bertz CT molecular complexity index is 1170. The predicted molar refractivity (Wildman–Crippen MR) is 134 cm³/mol. The molecule has 2 N–H and O–H groups in total. The Hall–Kier alpha value is -3.25. The number of carbonyl (C=O) groups is 1. The summed E-state index contributed by atoms with van der Waals surface area (Å²) in [6, 6.07) is 15.0. The van der Waals surface area contributed by atoms with E-state index in [2.05, 4.69) is 34.3 Å². The van der Waals surface area contributed by atoms with Gasteiger partial charge in [0, 0.05) is 30.0 Å². The van der Waals surface area contributed by atoms with Crippen LogP contribution >= 0.6 is 11.8 Å². The third kappa shape index (κ3) is 6.30. The van der Waals surface area contributed by atoms with Gasteiger partial charge in [0.05, 0.1) is 18.8 Å². The molecule has 190 valence electrons. The second kappa shape index (κ2) is 12.1. The van der Waals surface area contributed by atoms with E-state index in [1.807, 2.05) is 36.4 Å². The van der Waals surface area contributed by atoms with Gasteiger partial charge in [0.25, 0.3) is 0 Å². The van der Waals surface area contributed by atoms with Crippen LogP contribution < -0.4 is 5.32 Å². The first kappa shape index (κ1) is 25.8. The summed E-state index contributed by atoms with van der Waals surface area (Å²) in [5.41, 5.74) is 3.15. The Morgan fingerprint density at radius 3 is 2.75 bits per heavy atom. The molecule has 10 nitrogen and oxygen atoms in total. The van der Waals surface area contributed by atoms with E-state index in [0.717, 1.165) is 16.7 Å². The molecule has 0 saturated carbocycles. The van der Waals surface area contributed by atoms with E-state index in [1.165, 1.54) is 17.8 Å². The number of aliphatic hydroxyl groups excluding tert-OH is 1. The number of aliphatic hydroxyl groups is 1. The first-order valence-corrected chi connectivity index (χ1v) is 12.5. The van der Waals surface area contributed by atoms with E-state index in [-0.39, 0.29) is 31.3 Å². The first-order chi connectivity index (χ1) is 17.5. The molecular weight excluding hydrogens is 482 g/mol. The molecule has 2 aromatic carbocycles. The molecule has 1 aromatic heterocycles. The number of nitrogens with one attached hydrogen (secondary N) is 1. The summed E-state index contributed by atoms with van der Waals surface area (Å²) in [6.07, 6.45) is -0.169. The van der Waals surface area contributed by atoms with Gasteiger partial charge in [-0.1, -0.05) is 67.7 Å². The zero-order chi connectivity index (χ0) is 25.5. The lowest BCUT2D eigenvalue weighted by Crippen LogP contribution is -2.38. The number of aromatic nitrogens is 4. The molecule has 1 aliphatic heterocycles. The number of hydrogen-bond acceptors (Lipinski definition) is 9. The lowest BCUT2D eigenvalue weighted by atomic mass is 9.91. The molecule has 0 radical (unpaired) electrons. The average molecular weight is 512 g/mol. The molecule has 1 amide bonds. The zero-order valence-corrected chi connectivity index (χ0v) is 20.9. The number of carbonyl (C=O) groups excluding carboxylic acids is 1.